The molecule has 2 unspecified atom stereocenters. The van der Waals surface area contributed by atoms with Crippen molar-refractivity contribution < 1.29 is 18.7 Å². The third-order valence-electron chi connectivity index (χ3n) is 4.05. The summed E-state index contributed by atoms with van der Waals surface area (Å²) in [6, 6.07) is 9.31. The van der Waals surface area contributed by atoms with Crippen LogP contribution < -0.4 is 0 Å². The number of likely N-dealkylation sites (tertiary alicyclic amines) is 1. The van der Waals surface area contributed by atoms with Crippen molar-refractivity contribution in [2.24, 2.45) is 0 Å². The molecule has 5 heteroatoms. The van der Waals surface area contributed by atoms with E-state index in [0.717, 1.165) is 18.6 Å². The van der Waals surface area contributed by atoms with Crippen molar-refractivity contribution in [2.75, 3.05) is 6.54 Å². The fourth-order valence-electron chi connectivity index (χ4n) is 2.96. The van der Waals surface area contributed by atoms with E-state index in [1.807, 2.05) is 6.07 Å². The van der Waals surface area contributed by atoms with Crippen molar-refractivity contribution in [3.05, 3.63) is 59.8 Å². The van der Waals surface area contributed by atoms with Crippen molar-refractivity contribution >= 4 is 5.91 Å². The smallest absolute Gasteiger partial charge is 0.226 e. The van der Waals surface area contributed by atoms with E-state index in [-0.39, 0.29) is 18.4 Å². The highest BCUT2D eigenvalue weighted by molar-refractivity contribution is 5.77. The van der Waals surface area contributed by atoms with Crippen LogP contribution in [0.1, 0.15) is 42.7 Å². The van der Waals surface area contributed by atoms with Crippen LogP contribution in [0.3, 0.4) is 0 Å². The monoisotopic (exact) mass is 303 g/mol. The highest BCUT2D eigenvalue weighted by Gasteiger charge is 2.32. The van der Waals surface area contributed by atoms with Crippen molar-refractivity contribution in [1.29, 1.82) is 0 Å². The molecule has 0 saturated carbocycles. The zero-order valence-electron chi connectivity index (χ0n) is 12.1. The molecular weight excluding hydrogens is 285 g/mol. The standard InChI is InChI=1S/C17H18FNO3/c18-13-5-1-4-12(10-13)15(20)11-17(21)19-8-2-6-14(19)16-7-3-9-22-16/h1,3-5,7,9-10,14-15,20H,2,6,8,11H2. The van der Waals surface area contributed by atoms with Crippen LogP contribution in [0.15, 0.2) is 47.1 Å². The molecule has 2 aromatic rings. The number of carbonyl (C=O) groups excluding carboxylic acids is 1. The third kappa shape index (κ3) is 3.04. The average molecular weight is 303 g/mol. The Morgan fingerprint density at radius 1 is 1.41 bits per heavy atom. The summed E-state index contributed by atoms with van der Waals surface area (Å²) < 4.78 is 18.6. The zero-order valence-corrected chi connectivity index (χ0v) is 12.1. The van der Waals surface area contributed by atoms with Gasteiger partial charge in [-0.05, 0) is 42.7 Å². The number of halogens is 1. The Balaban J connectivity index is 1.68. The van der Waals surface area contributed by atoms with Gasteiger partial charge in [-0.1, -0.05) is 12.1 Å². The van der Waals surface area contributed by atoms with E-state index in [4.69, 9.17) is 4.42 Å². The van der Waals surface area contributed by atoms with Gasteiger partial charge in [0.25, 0.3) is 0 Å². The van der Waals surface area contributed by atoms with E-state index >= 15 is 0 Å². The summed E-state index contributed by atoms with van der Waals surface area (Å²) >= 11 is 0. The molecule has 116 valence electrons. The minimum Gasteiger partial charge on any atom is -0.467 e. The molecule has 4 nitrogen and oxygen atoms in total. The van der Waals surface area contributed by atoms with Crippen LogP contribution in [0.2, 0.25) is 0 Å². The molecule has 1 aliphatic rings. The minimum atomic E-state index is -0.999. The van der Waals surface area contributed by atoms with Crippen LogP contribution in [0.5, 0.6) is 0 Å². The highest BCUT2D eigenvalue weighted by atomic mass is 19.1. The Bertz CT molecular complexity index is 641. The number of furan rings is 1. The van der Waals surface area contributed by atoms with Crippen molar-refractivity contribution in [2.45, 2.75) is 31.4 Å². The summed E-state index contributed by atoms with van der Waals surface area (Å²) in [5.41, 5.74) is 0.419. The van der Waals surface area contributed by atoms with E-state index in [9.17, 15) is 14.3 Å². The van der Waals surface area contributed by atoms with E-state index < -0.39 is 11.9 Å². The Labute approximate surface area is 128 Å². The fraction of sp³-hybridized carbons (Fsp3) is 0.353. The summed E-state index contributed by atoms with van der Waals surface area (Å²) in [5.74, 6) is 0.209. The Morgan fingerprint density at radius 3 is 3.00 bits per heavy atom. The zero-order chi connectivity index (χ0) is 15.5. The van der Waals surface area contributed by atoms with Crippen LogP contribution in [0, 0.1) is 5.82 Å². The van der Waals surface area contributed by atoms with Gasteiger partial charge in [0.05, 0.1) is 24.8 Å². The van der Waals surface area contributed by atoms with Crippen molar-refractivity contribution in [3.63, 3.8) is 0 Å². The topological polar surface area (TPSA) is 53.7 Å². The third-order valence-corrected chi connectivity index (χ3v) is 4.05. The Kier molecular flexibility index (Phi) is 4.24. The molecule has 1 N–H and O–H groups in total. The van der Waals surface area contributed by atoms with Crippen LogP contribution >= 0.6 is 0 Å². The maximum Gasteiger partial charge on any atom is 0.226 e. The predicted octanol–water partition coefficient (Wildman–Crippen LogP) is 3.21. The number of carbonyl (C=O) groups is 1. The molecule has 1 aromatic carbocycles. The molecule has 1 aromatic heterocycles. The van der Waals surface area contributed by atoms with Crippen LogP contribution in [-0.4, -0.2) is 22.5 Å². The number of benzene rings is 1. The number of nitrogens with zero attached hydrogens (tertiary/aromatic N) is 1. The lowest BCUT2D eigenvalue weighted by Crippen LogP contribution is -2.31. The van der Waals surface area contributed by atoms with Gasteiger partial charge < -0.3 is 14.4 Å². The van der Waals surface area contributed by atoms with Gasteiger partial charge in [0, 0.05) is 6.54 Å². The normalized spacial score (nSPS) is 19.4. The maximum atomic E-state index is 13.2. The average Bonchev–Trinajstić information content (AvgIpc) is 3.17. The van der Waals surface area contributed by atoms with Crippen molar-refractivity contribution in [3.8, 4) is 0 Å². The summed E-state index contributed by atoms with van der Waals surface area (Å²) in [7, 11) is 0. The molecule has 0 spiro atoms. The van der Waals surface area contributed by atoms with Gasteiger partial charge in [0.2, 0.25) is 5.91 Å². The van der Waals surface area contributed by atoms with Crippen LogP contribution in [0.4, 0.5) is 4.39 Å². The number of amides is 1. The molecule has 3 rings (SSSR count). The fourth-order valence-corrected chi connectivity index (χ4v) is 2.96. The number of rotatable bonds is 4. The molecule has 1 aliphatic heterocycles. The summed E-state index contributed by atoms with van der Waals surface area (Å²) in [5, 5.41) is 10.2. The molecule has 2 atom stereocenters. The van der Waals surface area contributed by atoms with E-state index in [1.165, 1.54) is 18.2 Å². The van der Waals surface area contributed by atoms with E-state index in [0.29, 0.717) is 12.1 Å². The lowest BCUT2D eigenvalue weighted by molar-refractivity contribution is -0.134. The first kappa shape index (κ1) is 14.8. The first-order chi connectivity index (χ1) is 10.6. The molecule has 0 radical (unpaired) electrons. The maximum absolute atomic E-state index is 13.2. The number of hydrogen-bond donors (Lipinski definition) is 1. The van der Waals surface area contributed by atoms with Gasteiger partial charge in [-0.3, -0.25) is 4.79 Å². The van der Waals surface area contributed by atoms with Crippen molar-refractivity contribution in [1.82, 2.24) is 4.90 Å². The van der Waals surface area contributed by atoms with Gasteiger partial charge in [0.15, 0.2) is 0 Å². The van der Waals surface area contributed by atoms with Gasteiger partial charge in [-0.2, -0.15) is 0 Å². The minimum absolute atomic E-state index is 0.0549. The Hall–Kier alpha value is -2.14. The molecule has 1 amide bonds. The first-order valence-corrected chi connectivity index (χ1v) is 7.41. The number of hydrogen-bond acceptors (Lipinski definition) is 3. The van der Waals surface area contributed by atoms with Gasteiger partial charge >= 0.3 is 0 Å². The predicted molar refractivity (Wildman–Crippen MR) is 78.4 cm³/mol. The SMILES string of the molecule is O=C(CC(O)c1cccc(F)c1)N1CCCC1c1ccco1. The molecule has 1 saturated heterocycles. The lowest BCUT2D eigenvalue weighted by atomic mass is 10.1. The summed E-state index contributed by atoms with van der Waals surface area (Å²) in [4.78, 5) is 14.2. The number of aliphatic hydroxyl groups excluding tert-OH is 1. The van der Waals surface area contributed by atoms with Crippen LogP contribution in [-0.2, 0) is 4.79 Å². The quantitative estimate of drug-likeness (QED) is 0.943. The summed E-state index contributed by atoms with van der Waals surface area (Å²) in [6.07, 6.45) is 2.31. The van der Waals surface area contributed by atoms with Gasteiger partial charge in [-0.25, -0.2) is 4.39 Å². The number of aliphatic hydroxyl groups is 1. The van der Waals surface area contributed by atoms with E-state index in [2.05, 4.69) is 0 Å². The second kappa shape index (κ2) is 6.32. The molecule has 2 heterocycles. The van der Waals surface area contributed by atoms with Gasteiger partial charge in [-0.15, -0.1) is 0 Å². The molecule has 22 heavy (non-hydrogen) atoms. The molecular formula is C17H18FNO3. The Morgan fingerprint density at radius 2 is 2.27 bits per heavy atom. The second-order valence-corrected chi connectivity index (χ2v) is 5.54. The molecule has 0 bridgehead atoms. The van der Waals surface area contributed by atoms with Crippen LogP contribution in [0.25, 0.3) is 0 Å². The lowest BCUT2D eigenvalue weighted by Gasteiger charge is -2.24. The van der Waals surface area contributed by atoms with E-state index in [1.54, 1.807) is 23.3 Å². The molecule has 1 fully saturated rings. The summed E-state index contributed by atoms with van der Waals surface area (Å²) in [6.45, 7) is 0.653. The first-order valence-electron chi connectivity index (χ1n) is 7.41. The van der Waals surface area contributed by atoms with Gasteiger partial charge in [0.1, 0.15) is 11.6 Å². The molecule has 0 aliphatic carbocycles. The highest BCUT2D eigenvalue weighted by Crippen LogP contribution is 2.33. The largest absolute Gasteiger partial charge is 0.467 e. The second-order valence-electron chi connectivity index (χ2n) is 5.54.